The van der Waals surface area contributed by atoms with Gasteiger partial charge in [-0.25, -0.2) is 0 Å². The van der Waals surface area contributed by atoms with E-state index in [1.807, 2.05) is 0 Å². The lowest BCUT2D eigenvalue weighted by atomic mass is 10.2. The van der Waals surface area contributed by atoms with Gasteiger partial charge in [-0.3, -0.25) is 14.7 Å². The predicted molar refractivity (Wildman–Crippen MR) is 79.3 cm³/mol. The Labute approximate surface area is 120 Å². The molecule has 0 aliphatic carbocycles. The molecule has 6 heteroatoms. The van der Waals surface area contributed by atoms with Gasteiger partial charge in [-0.2, -0.15) is 0 Å². The minimum Gasteiger partial charge on any atom is -0.397 e. The summed E-state index contributed by atoms with van der Waals surface area (Å²) in [5, 5.41) is 2.94. The van der Waals surface area contributed by atoms with Gasteiger partial charge in [0.05, 0.1) is 18.3 Å². The smallest absolute Gasteiger partial charge is 0.226 e. The van der Waals surface area contributed by atoms with Crippen LogP contribution in [-0.2, 0) is 11.2 Å². The number of hydrogen-bond donors (Lipinski definition) is 2. The van der Waals surface area contributed by atoms with Crippen molar-refractivity contribution in [2.45, 2.75) is 6.42 Å². The van der Waals surface area contributed by atoms with Crippen LogP contribution < -0.4 is 11.1 Å². The van der Waals surface area contributed by atoms with Crippen LogP contribution in [0.4, 0.5) is 5.69 Å². The number of anilines is 1. The van der Waals surface area contributed by atoms with Crippen molar-refractivity contribution >= 4 is 11.6 Å². The summed E-state index contributed by atoms with van der Waals surface area (Å²) in [7, 11) is 2.14. The van der Waals surface area contributed by atoms with Crippen LogP contribution >= 0.6 is 0 Å². The molecule has 0 bridgehead atoms. The SMILES string of the molecule is CN1CCN(CCNC(=O)Cc2ccc(N)cn2)CC1. The van der Waals surface area contributed by atoms with Gasteiger partial charge in [-0.1, -0.05) is 0 Å². The molecule has 0 unspecified atom stereocenters. The van der Waals surface area contributed by atoms with Crippen LogP contribution in [0.5, 0.6) is 0 Å². The van der Waals surface area contributed by atoms with E-state index in [1.165, 1.54) is 0 Å². The zero-order chi connectivity index (χ0) is 14.4. The van der Waals surface area contributed by atoms with Gasteiger partial charge < -0.3 is 16.0 Å². The molecule has 1 amide bonds. The average Bonchev–Trinajstić information content (AvgIpc) is 2.44. The van der Waals surface area contributed by atoms with Crippen molar-refractivity contribution in [1.82, 2.24) is 20.1 Å². The van der Waals surface area contributed by atoms with E-state index in [0.717, 1.165) is 38.4 Å². The van der Waals surface area contributed by atoms with E-state index in [4.69, 9.17) is 5.73 Å². The van der Waals surface area contributed by atoms with E-state index in [-0.39, 0.29) is 5.91 Å². The first kappa shape index (κ1) is 14.7. The second-order valence-electron chi connectivity index (χ2n) is 5.25. The number of nitrogen functional groups attached to an aromatic ring is 1. The number of carbonyl (C=O) groups is 1. The van der Waals surface area contributed by atoms with Crippen LogP contribution in [0.2, 0.25) is 0 Å². The van der Waals surface area contributed by atoms with Crippen LogP contribution in [0.25, 0.3) is 0 Å². The molecule has 0 radical (unpaired) electrons. The third-order valence-corrected chi connectivity index (χ3v) is 3.54. The highest BCUT2D eigenvalue weighted by Crippen LogP contribution is 2.01. The number of nitrogens with one attached hydrogen (secondary N) is 1. The van der Waals surface area contributed by atoms with Crippen molar-refractivity contribution in [1.29, 1.82) is 0 Å². The molecule has 0 aromatic carbocycles. The maximum absolute atomic E-state index is 11.8. The Balaban J connectivity index is 1.64. The molecule has 1 aromatic heterocycles. The van der Waals surface area contributed by atoms with E-state index in [2.05, 4.69) is 27.1 Å². The Hall–Kier alpha value is -1.66. The average molecular weight is 277 g/mol. The van der Waals surface area contributed by atoms with Crippen molar-refractivity contribution < 1.29 is 4.79 Å². The number of piperazine rings is 1. The monoisotopic (exact) mass is 277 g/mol. The number of amides is 1. The number of rotatable bonds is 5. The summed E-state index contributed by atoms with van der Waals surface area (Å²) in [6, 6.07) is 3.55. The zero-order valence-corrected chi connectivity index (χ0v) is 12.0. The molecule has 110 valence electrons. The first-order chi connectivity index (χ1) is 9.63. The predicted octanol–water partition coefficient (Wildman–Crippen LogP) is -0.430. The second kappa shape index (κ2) is 7.21. The number of aromatic nitrogens is 1. The third kappa shape index (κ3) is 4.79. The fraction of sp³-hybridized carbons (Fsp3) is 0.571. The van der Waals surface area contributed by atoms with E-state index in [1.54, 1.807) is 18.3 Å². The van der Waals surface area contributed by atoms with Crippen LogP contribution in [0, 0.1) is 0 Å². The standard InChI is InChI=1S/C14H23N5O/c1-18-6-8-19(9-7-18)5-4-16-14(20)10-13-3-2-12(15)11-17-13/h2-3,11H,4-10,15H2,1H3,(H,16,20). The largest absolute Gasteiger partial charge is 0.397 e. The Morgan fingerprint density at radius 1 is 1.35 bits per heavy atom. The van der Waals surface area contributed by atoms with E-state index >= 15 is 0 Å². The van der Waals surface area contributed by atoms with Crippen LogP contribution in [0.15, 0.2) is 18.3 Å². The normalized spacial score (nSPS) is 17.1. The van der Waals surface area contributed by atoms with Gasteiger partial charge in [0.15, 0.2) is 0 Å². The minimum absolute atomic E-state index is 0.0106. The summed E-state index contributed by atoms with van der Waals surface area (Å²) in [6.45, 7) is 5.96. The molecule has 1 saturated heterocycles. The summed E-state index contributed by atoms with van der Waals surface area (Å²) in [4.78, 5) is 20.6. The highest BCUT2D eigenvalue weighted by molar-refractivity contribution is 5.78. The van der Waals surface area contributed by atoms with Gasteiger partial charge in [-0.05, 0) is 19.2 Å². The molecule has 3 N–H and O–H groups in total. The van der Waals surface area contributed by atoms with Crippen molar-refractivity contribution in [3.05, 3.63) is 24.0 Å². The lowest BCUT2D eigenvalue weighted by Crippen LogP contribution is -2.47. The van der Waals surface area contributed by atoms with Crippen molar-refractivity contribution in [2.24, 2.45) is 0 Å². The van der Waals surface area contributed by atoms with Gasteiger partial charge >= 0.3 is 0 Å². The summed E-state index contributed by atoms with van der Waals surface area (Å²) in [5.41, 5.74) is 6.92. The van der Waals surface area contributed by atoms with E-state index < -0.39 is 0 Å². The highest BCUT2D eigenvalue weighted by atomic mass is 16.1. The van der Waals surface area contributed by atoms with Gasteiger partial charge in [0, 0.05) is 45.0 Å². The molecular weight excluding hydrogens is 254 g/mol. The molecule has 0 spiro atoms. The molecule has 2 rings (SSSR count). The van der Waals surface area contributed by atoms with E-state index in [0.29, 0.717) is 18.7 Å². The van der Waals surface area contributed by atoms with Gasteiger partial charge in [0.2, 0.25) is 5.91 Å². The Kier molecular flexibility index (Phi) is 5.31. The number of likely N-dealkylation sites (N-methyl/N-ethyl adjacent to an activating group) is 1. The molecular formula is C14H23N5O. The molecule has 0 atom stereocenters. The quantitative estimate of drug-likeness (QED) is 0.764. The molecule has 20 heavy (non-hydrogen) atoms. The maximum Gasteiger partial charge on any atom is 0.226 e. The van der Waals surface area contributed by atoms with Crippen LogP contribution in [0.1, 0.15) is 5.69 Å². The molecule has 1 aliphatic heterocycles. The minimum atomic E-state index is 0.0106. The first-order valence-corrected chi connectivity index (χ1v) is 7.01. The third-order valence-electron chi connectivity index (χ3n) is 3.54. The Morgan fingerprint density at radius 2 is 2.10 bits per heavy atom. The van der Waals surface area contributed by atoms with Crippen molar-refractivity contribution in [3.8, 4) is 0 Å². The number of hydrogen-bond acceptors (Lipinski definition) is 5. The van der Waals surface area contributed by atoms with Crippen LogP contribution in [0.3, 0.4) is 0 Å². The van der Waals surface area contributed by atoms with Gasteiger partial charge in [-0.15, -0.1) is 0 Å². The second-order valence-corrected chi connectivity index (χ2v) is 5.25. The van der Waals surface area contributed by atoms with Gasteiger partial charge in [0.25, 0.3) is 0 Å². The highest BCUT2D eigenvalue weighted by Gasteiger charge is 2.13. The summed E-state index contributed by atoms with van der Waals surface area (Å²) in [5.74, 6) is 0.0106. The number of nitrogens with zero attached hydrogens (tertiary/aromatic N) is 3. The summed E-state index contributed by atoms with van der Waals surface area (Å²) >= 11 is 0. The molecule has 1 aliphatic rings. The molecule has 2 heterocycles. The maximum atomic E-state index is 11.8. The molecule has 0 saturated carbocycles. The summed E-state index contributed by atoms with van der Waals surface area (Å²) in [6.07, 6.45) is 1.88. The molecule has 1 aromatic rings. The number of carbonyl (C=O) groups excluding carboxylic acids is 1. The Bertz CT molecular complexity index is 426. The number of nitrogens with two attached hydrogens (primary N) is 1. The van der Waals surface area contributed by atoms with Crippen molar-refractivity contribution in [2.75, 3.05) is 52.0 Å². The molecule has 1 fully saturated rings. The molecule has 6 nitrogen and oxygen atoms in total. The lowest BCUT2D eigenvalue weighted by Gasteiger charge is -2.32. The van der Waals surface area contributed by atoms with Crippen molar-refractivity contribution in [3.63, 3.8) is 0 Å². The summed E-state index contributed by atoms with van der Waals surface area (Å²) < 4.78 is 0. The van der Waals surface area contributed by atoms with Crippen LogP contribution in [-0.4, -0.2) is 67.0 Å². The number of pyridine rings is 1. The zero-order valence-electron chi connectivity index (χ0n) is 12.0. The van der Waals surface area contributed by atoms with E-state index in [9.17, 15) is 4.79 Å². The topological polar surface area (TPSA) is 74.5 Å². The van der Waals surface area contributed by atoms with Gasteiger partial charge in [0.1, 0.15) is 0 Å². The fourth-order valence-corrected chi connectivity index (χ4v) is 2.19. The fourth-order valence-electron chi connectivity index (χ4n) is 2.19. The lowest BCUT2D eigenvalue weighted by molar-refractivity contribution is -0.120. The Morgan fingerprint density at radius 3 is 2.75 bits per heavy atom. The first-order valence-electron chi connectivity index (χ1n) is 7.01.